The molecule has 2 rings (SSSR count). The Balaban J connectivity index is 2.20. The molecular weight excluding hydrogens is 300 g/mol. The molecule has 0 radical (unpaired) electrons. The van der Waals surface area contributed by atoms with Gasteiger partial charge in [-0.2, -0.15) is 0 Å². The summed E-state index contributed by atoms with van der Waals surface area (Å²) in [6.07, 6.45) is 2.15. The Morgan fingerprint density at radius 3 is 2.57 bits per heavy atom. The van der Waals surface area contributed by atoms with Crippen molar-refractivity contribution in [3.05, 3.63) is 33.1 Å². The zero-order chi connectivity index (χ0) is 15.6. The quantitative estimate of drug-likeness (QED) is 0.507. The number of amides is 2. The molecule has 1 saturated heterocycles. The Labute approximate surface area is 125 Å². The van der Waals surface area contributed by atoms with Crippen LogP contribution in [-0.4, -0.2) is 39.7 Å². The highest BCUT2D eigenvalue weighted by molar-refractivity contribution is 6.32. The molecule has 21 heavy (non-hydrogen) atoms. The van der Waals surface area contributed by atoms with Gasteiger partial charge >= 0.3 is 5.69 Å². The number of aromatic nitrogens is 1. The highest BCUT2D eigenvalue weighted by Crippen LogP contribution is 2.28. The van der Waals surface area contributed by atoms with Gasteiger partial charge in [0.25, 0.3) is 5.91 Å². The Morgan fingerprint density at radius 2 is 2.05 bits per heavy atom. The fourth-order valence-electron chi connectivity index (χ4n) is 2.31. The van der Waals surface area contributed by atoms with Crippen molar-refractivity contribution in [2.75, 3.05) is 13.1 Å². The number of rotatable bonds is 3. The first-order chi connectivity index (χ1) is 9.91. The maximum atomic E-state index is 12.4. The fraction of sp³-hybridized carbons (Fsp3) is 0.417. The van der Waals surface area contributed by atoms with E-state index in [9.17, 15) is 19.7 Å². The first-order valence-electron chi connectivity index (χ1n) is 6.29. The second-order valence-electron chi connectivity index (χ2n) is 4.72. The van der Waals surface area contributed by atoms with Gasteiger partial charge in [0.15, 0.2) is 0 Å². The Hall–Kier alpha value is -2.22. The van der Waals surface area contributed by atoms with Gasteiger partial charge < -0.3 is 10.6 Å². The van der Waals surface area contributed by atoms with E-state index in [-0.39, 0.29) is 22.5 Å². The maximum absolute atomic E-state index is 12.4. The lowest BCUT2D eigenvalue weighted by Gasteiger charge is -2.30. The Kier molecular flexibility index (Phi) is 4.37. The van der Waals surface area contributed by atoms with Crippen molar-refractivity contribution >= 4 is 29.1 Å². The SMILES string of the molecule is NC(=O)C1CCN(C(=O)c2ccnc(Cl)c2[N+](=O)[O-])CC1. The summed E-state index contributed by atoms with van der Waals surface area (Å²) in [7, 11) is 0. The van der Waals surface area contributed by atoms with Gasteiger partial charge in [-0.15, -0.1) is 0 Å². The normalized spacial score (nSPS) is 15.8. The zero-order valence-corrected chi connectivity index (χ0v) is 11.7. The van der Waals surface area contributed by atoms with Crippen LogP contribution in [0.1, 0.15) is 23.2 Å². The number of hydrogen-bond donors (Lipinski definition) is 1. The van der Waals surface area contributed by atoms with Crippen LogP contribution < -0.4 is 5.73 Å². The molecule has 112 valence electrons. The third-order valence-electron chi connectivity index (χ3n) is 3.48. The van der Waals surface area contributed by atoms with Gasteiger partial charge in [-0.05, 0) is 18.9 Å². The van der Waals surface area contributed by atoms with Crippen LogP contribution in [0, 0.1) is 16.0 Å². The lowest BCUT2D eigenvalue weighted by atomic mass is 9.96. The fourth-order valence-corrected chi connectivity index (χ4v) is 2.54. The van der Waals surface area contributed by atoms with Crippen molar-refractivity contribution in [3.63, 3.8) is 0 Å². The maximum Gasteiger partial charge on any atom is 0.319 e. The number of piperidine rings is 1. The van der Waals surface area contributed by atoms with E-state index in [1.165, 1.54) is 17.2 Å². The van der Waals surface area contributed by atoms with Gasteiger partial charge in [0, 0.05) is 25.2 Å². The number of likely N-dealkylation sites (tertiary alicyclic amines) is 1. The van der Waals surface area contributed by atoms with Crippen LogP contribution in [0.5, 0.6) is 0 Å². The molecule has 0 spiro atoms. The average molecular weight is 313 g/mol. The number of pyridine rings is 1. The largest absolute Gasteiger partial charge is 0.369 e. The summed E-state index contributed by atoms with van der Waals surface area (Å²) in [6, 6.07) is 1.27. The van der Waals surface area contributed by atoms with E-state index in [4.69, 9.17) is 17.3 Å². The summed E-state index contributed by atoms with van der Waals surface area (Å²) in [6.45, 7) is 0.646. The summed E-state index contributed by atoms with van der Waals surface area (Å²) in [5.74, 6) is -1.14. The van der Waals surface area contributed by atoms with E-state index in [1.54, 1.807) is 0 Å². The van der Waals surface area contributed by atoms with Crippen molar-refractivity contribution < 1.29 is 14.5 Å². The van der Waals surface area contributed by atoms with Gasteiger partial charge in [-0.1, -0.05) is 11.6 Å². The van der Waals surface area contributed by atoms with E-state index in [2.05, 4.69) is 4.98 Å². The summed E-state index contributed by atoms with van der Waals surface area (Å²) in [5, 5.41) is 10.7. The molecule has 0 unspecified atom stereocenters. The van der Waals surface area contributed by atoms with E-state index < -0.39 is 16.5 Å². The summed E-state index contributed by atoms with van der Waals surface area (Å²) in [5.41, 5.74) is 4.63. The molecule has 0 bridgehead atoms. The van der Waals surface area contributed by atoms with Crippen molar-refractivity contribution in [3.8, 4) is 0 Å². The number of halogens is 1. The zero-order valence-electron chi connectivity index (χ0n) is 11.0. The highest BCUT2D eigenvalue weighted by atomic mass is 35.5. The first-order valence-corrected chi connectivity index (χ1v) is 6.67. The van der Waals surface area contributed by atoms with E-state index in [0.29, 0.717) is 25.9 Å². The van der Waals surface area contributed by atoms with Crippen molar-refractivity contribution in [1.29, 1.82) is 0 Å². The predicted molar refractivity (Wildman–Crippen MR) is 73.7 cm³/mol. The summed E-state index contributed by atoms with van der Waals surface area (Å²) in [4.78, 5) is 38.8. The van der Waals surface area contributed by atoms with Gasteiger partial charge in [0.2, 0.25) is 11.1 Å². The van der Waals surface area contributed by atoms with Gasteiger partial charge in [0.05, 0.1) is 4.92 Å². The molecule has 0 atom stereocenters. The van der Waals surface area contributed by atoms with Crippen LogP contribution in [0.3, 0.4) is 0 Å². The standard InChI is InChI=1S/C12H13ClN4O4/c13-10-9(17(20)21)8(1-4-15-10)12(19)16-5-2-7(3-6-16)11(14)18/h1,4,7H,2-3,5-6H2,(H2,14,18). The molecule has 2 heterocycles. The smallest absolute Gasteiger partial charge is 0.319 e. The second kappa shape index (κ2) is 6.04. The van der Waals surface area contributed by atoms with Crippen LogP contribution in [0.25, 0.3) is 0 Å². The number of nitrogens with two attached hydrogens (primary N) is 1. The molecule has 0 aromatic carbocycles. The van der Waals surface area contributed by atoms with E-state index in [0.717, 1.165) is 0 Å². The predicted octanol–water partition coefficient (Wildman–Crippen LogP) is 0.981. The van der Waals surface area contributed by atoms with Gasteiger partial charge in [0.1, 0.15) is 5.56 Å². The number of hydrogen-bond acceptors (Lipinski definition) is 5. The number of primary amides is 1. The molecule has 2 amide bonds. The molecule has 1 aliphatic rings. The Bertz CT molecular complexity index is 599. The lowest BCUT2D eigenvalue weighted by Crippen LogP contribution is -2.41. The average Bonchev–Trinajstić information content (AvgIpc) is 2.46. The summed E-state index contributed by atoms with van der Waals surface area (Å²) >= 11 is 5.69. The molecule has 9 heteroatoms. The van der Waals surface area contributed by atoms with E-state index >= 15 is 0 Å². The first kappa shape index (κ1) is 15.2. The van der Waals surface area contributed by atoms with Crippen molar-refractivity contribution in [2.45, 2.75) is 12.8 Å². The molecular formula is C12H13ClN4O4. The minimum absolute atomic E-state index is 0.0995. The van der Waals surface area contributed by atoms with Crippen LogP contribution in [0.2, 0.25) is 5.15 Å². The molecule has 1 aromatic rings. The number of nitro groups is 1. The summed E-state index contributed by atoms with van der Waals surface area (Å²) < 4.78 is 0. The number of nitrogens with zero attached hydrogens (tertiary/aromatic N) is 3. The molecule has 0 aliphatic carbocycles. The second-order valence-corrected chi connectivity index (χ2v) is 5.08. The van der Waals surface area contributed by atoms with Crippen LogP contribution in [0.15, 0.2) is 12.3 Å². The highest BCUT2D eigenvalue weighted by Gasteiger charge is 2.31. The van der Waals surface area contributed by atoms with Crippen molar-refractivity contribution in [2.24, 2.45) is 11.7 Å². The van der Waals surface area contributed by atoms with Crippen LogP contribution in [-0.2, 0) is 4.79 Å². The Morgan fingerprint density at radius 1 is 1.43 bits per heavy atom. The van der Waals surface area contributed by atoms with Crippen LogP contribution in [0.4, 0.5) is 5.69 Å². The number of carbonyl (C=O) groups is 2. The van der Waals surface area contributed by atoms with Crippen molar-refractivity contribution in [1.82, 2.24) is 9.88 Å². The molecule has 1 fully saturated rings. The third-order valence-corrected chi connectivity index (χ3v) is 3.75. The lowest BCUT2D eigenvalue weighted by molar-refractivity contribution is -0.385. The van der Waals surface area contributed by atoms with E-state index in [1.807, 2.05) is 0 Å². The van der Waals surface area contributed by atoms with Gasteiger partial charge in [-0.25, -0.2) is 4.98 Å². The monoisotopic (exact) mass is 312 g/mol. The number of carbonyl (C=O) groups excluding carboxylic acids is 2. The third kappa shape index (κ3) is 3.10. The topological polar surface area (TPSA) is 119 Å². The van der Waals surface area contributed by atoms with Crippen LogP contribution >= 0.6 is 11.6 Å². The molecule has 8 nitrogen and oxygen atoms in total. The molecule has 0 saturated carbocycles. The van der Waals surface area contributed by atoms with Gasteiger partial charge in [-0.3, -0.25) is 19.7 Å². The molecule has 1 aromatic heterocycles. The molecule has 2 N–H and O–H groups in total. The minimum Gasteiger partial charge on any atom is -0.369 e. The minimum atomic E-state index is -0.723. The molecule has 1 aliphatic heterocycles.